The van der Waals surface area contributed by atoms with Crippen LogP contribution in [0.25, 0.3) is 33.5 Å². The van der Waals surface area contributed by atoms with Gasteiger partial charge in [-0.1, -0.05) is 12.1 Å². The number of pyridine rings is 2. The fourth-order valence-corrected chi connectivity index (χ4v) is 3.40. The van der Waals surface area contributed by atoms with Gasteiger partial charge in [0.05, 0.1) is 34.3 Å². The van der Waals surface area contributed by atoms with Crippen molar-refractivity contribution in [3.05, 3.63) is 78.3 Å². The summed E-state index contributed by atoms with van der Waals surface area (Å²) in [5.74, 6) is -0.298. The highest BCUT2D eigenvalue weighted by Crippen LogP contribution is 2.36. The average molecular weight is 423 g/mol. The van der Waals surface area contributed by atoms with Gasteiger partial charge in [-0.2, -0.15) is 15.2 Å². The molecule has 2 N–H and O–H groups in total. The van der Waals surface area contributed by atoms with E-state index in [9.17, 15) is 9.65 Å². The second-order valence-corrected chi connectivity index (χ2v) is 6.87. The van der Waals surface area contributed by atoms with E-state index in [0.717, 1.165) is 0 Å². The lowest BCUT2D eigenvalue weighted by Crippen LogP contribution is -2.07. The van der Waals surface area contributed by atoms with Crippen LogP contribution < -0.4 is 5.73 Å². The van der Waals surface area contributed by atoms with Crippen LogP contribution >= 0.6 is 0 Å². The molecule has 0 atom stereocenters. The third-order valence-electron chi connectivity index (χ3n) is 4.83. The summed E-state index contributed by atoms with van der Waals surface area (Å²) in [5.41, 5.74) is 10.0. The van der Waals surface area contributed by atoms with E-state index in [-0.39, 0.29) is 18.1 Å². The molecule has 0 unspecified atom stereocenters. The highest BCUT2D eigenvalue weighted by atomic mass is 19.1. The van der Waals surface area contributed by atoms with Gasteiger partial charge in [-0.25, -0.2) is 19.3 Å². The van der Waals surface area contributed by atoms with Crippen molar-refractivity contribution in [1.82, 2.24) is 34.9 Å². The molecule has 0 saturated heterocycles. The Morgan fingerprint density at radius 3 is 2.69 bits per heavy atom. The minimum absolute atomic E-state index is 0.0171. The standard InChI is InChI=1S/C22H14FN9/c23-15-5-2-7-27-17(15)11-32-30-20-18(16-6-8-26-12-28-16)19(29-22(25)21(20)31-32)14-4-1-3-13(9-14)10-24/h1-9,12H,11H2,(H2,25,29). The summed E-state index contributed by atoms with van der Waals surface area (Å²) in [5, 5.41) is 18.3. The van der Waals surface area contributed by atoms with Gasteiger partial charge in [-0.3, -0.25) is 4.98 Å². The van der Waals surface area contributed by atoms with Gasteiger partial charge in [0.15, 0.2) is 11.3 Å². The number of nitrogen functional groups attached to an aromatic ring is 1. The normalized spacial score (nSPS) is 10.9. The number of rotatable bonds is 4. The number of anilines is 1. The van der Waals surface area contributed by atoms with Gasteiger partial charge in [0.2, 0.25) is 0 Å². The van der Waals surface area contributed by atoms with Crippen molar-refractivity contribution in [2.45, 2.75) is 6.54 Å². The third-order valence-corrected chi connectivity index (χ3v) is 4.83. The van der Waals surface area contributed by atoms with Crippen LogP contribution in [-0.4, -0.2) is 34.9 Å². The van der Waals surface area contributed by atoms with E-state index in [1.165, 1.54) is 29.5 Å². The maximum absolute atomic E-state index is 14.1. The van der Waals surface area contributed by atoms with Gasteiger partial charge in [0.1, 0.15) is 24.2 Å². The minimum atomic E-state index is -0.454. The van der Waals surface area contributed by atoms with E-state index < -0.39 is 5.82 Å². The lowest BCUT2D eigenvalue weighted by atomic mass is 10.00. The van der Waals surface area contributed by atoms with E-state index >= 15 is 0 Å². The highest BCUT2D eigenvalue weighted by molar-refractivity contribution is 6.01. The maximum atomic E-state index is 14.1. The van der Waals surface area contributed by atoms with Gasteiger partial charge in [0.25, 0.3) is 0 Å². The predicted octanol–water partition coefficient (Wildman–Crippen LogP) is 2.99. The second-order valence-electron chi connectivity index (χ2n) is 6.87. The van der Waals surface area contributed by atoms with Crippen LogP contribution in [0.3, 0.4) is 0 Å². The summed E-state index contributed by atoms with van der Waals surface area (Å²) in [6, 6.07) is 13.7. The molecule has 4 aromatic heterocycles. The van der Waals surface area contributed by atoms with Gasteiger partial charge in [-0.15, -0.1) is 5.10 Å². The first-order valence-electron chi connectivity index (χ1n) is 9.54. The topological polar surface area (TPSA) is 132 Å². The first kappa shape index (κ1) is 19.2. The zero-order valence-electron chi connectivity index (χ0n) is 16.5. The molecule has 32 heavy (non-hydrogen) atoms. The van der Waals surface area contributed by atoms with Crippen LogP contribution in [0.4, 0.5) is 10.2 Å². The van der Waals surface area contributed by atoms with E-state index in [1.54, 1.807) is 30.5 Å². The maximum Gasteiger partial charge on any atom is 0.156 e. The fourth-order valence-electron chi connectivity index (χ4n) is 3.40. The summed E-state index contributed by atoms with van der Waals surface area (Å²) in [7, 11) is 0. The third kappa shape index (κ3) is 3.37. The molecule has 0 fully saturated rings. The van der Waals surface area contributed by atoms with E-state index in [1.807, 2.05) is 6.07 Å². The number of halogens is 1. The van der Waals surface area contributed by atoms with E-state index in [0.29, 0.717) is 39.1 Å². The van der Waals surface area contributed by atoms with Crippen molar-refractivity contribution in [1.29, 1.82) is 5.26 Å². The zero-order valence-corrected chi connectivity index (χ0v) is 16.5. The molecule has 5 rings (SSSR count). The van der Waals surface area contributed by atoms with Crippen molar-refractivity contribution in [3.8, 4) is 28.6 Å². The number of hydrogen-bond donors (Lipinski definition) is 1. The summed E-state index contributed by atoms with van der Waals surface area (Å²) in [6.07, 6.45) is 4.53. The Labute approximate surface area is 181 Å². The lowest BCUT2D eigenvalue weighted by molar-refractivity contribution is 0.540. The Bertz CT molecular complexity index is 1490. The Morgan fingerprint density at radius 2 is 1.91 bits per heavy atom. The molecule has 0 radical (unpaired) electrons. The monoisotopic (exact) mass is 423 g/mol. The second kappa shape index (κ2) is 7.81. The van der Waals surface area contributed by atoms with Crippen LogP contribution in [0.5, 0.6) is 0 Å². The Kier molecular flexibility index (Phi) is 4.68. The van der Waals surface area contributed by atoms with E-state index in [2.05, 4.69) is 36.2 Å². The molecule has 10 heteroatoms. The molecular weight excluding hydrogens is 409 g/mol. The van der Waals surface area contributed by atoms with Gasteiger partial charge < -0.3 is 5.73 Å². The molecule has 0 aliphatic heterocycles. The fraction of sp³-hybridized carbons (Fsp3) is 0.0455. The first-order valence-corrected chi connectivity index (χ1v) is 9.54. The summed E-state index contributed by atoms with van der Waals surface area (Å²) in [4.78, 5) is 18.3. The highest BCUT2D eigenvalue weighted by Gasteiger charge is 2.22. The number of nitrogens with two attached hydrogens (primary N) is 1. The van der Waals surface area contributed by atoms with Gasteiger partial charge in [0, 0.05) is 18.0 Å². The Balaban J connectivity index is 1.76. The van der Waals surface area contributed by atoms with Crippen LogP contribution in [0.1, 0.15) is 11.3 Å². The van der Waals surface area contributed by atoms with Crippen LogP contribution in [-0.2, 0) is 6.54 Å². The molecular formula is C22H14FN9. The Hall–Kier alpha value is -4.78. The van der Waals surface area contributed by atoms with Crippen molar-refractivity contribution in [3.63, 3.8) is 0 Å². The van der Waals surface area contributed by atoms with Crippen molar-refractivity contribution >= 4 is 16.9 Å². The average Bonchev–Trinajstić information content (AvgIpc) is 3.25. The summed E-state index contributed by atoms with van der Waals surface area (Å²) < 4.78 is 14.1. The van der Waals surface area contributed by atoms with Gasteiger partial charge in [-0.05, 0) is 30.3 Å². The van der Waals surface area contributed by atoms with Crippen LogP contribution in [0.15, 0.2) is 61.2 Å². The molecule has 5 aromatic rings. The number of aromatic nitrogens is 7. The predicted molar refractivity (Wildman–Crippen MR) is 114 cm³/mol. The number of fused-ring (bicyclic) bond motifs is 1. The van der Waals surface area contributed by atoms with Gasteiger partial charge >= 0.3 is 0 Å². The van der Waals surface area contributed by atoms with E-state index in [4.69, 9.17) is 5.73 Å². The largest absolute Gasteiger partial charge is 0.382 e. The first-order chi connectivity index (χ1) is 15.6. The molecule has 9 nitrogen and oxygen atoms in total. The molecule has 0 bridgehead atoms. The molecule has 1 aromatic carbocycles. The van der Waals surface area contributed by atoms with Crippen LogP contribution in [0, 0.1) is 17.1 Å². The molecule has 0 saturated carbocycles. The zero-order chi connectivity index (χ0) is 22.1. The van der Waals surface area contributed by atoms with Crippen molar-refractivity contribution in [2.24, 2.45) is 0 Å². The lowest BCUT2D eigenvalue weighted by Gasteiger charge is -2.10. The van der Waals surface area contributed by atoms with Crippen LogP contribution in [0.2, 0.25) is 0 Å². The molecule has 4 heterocycles. The SMILES string of the molecule is N#Cc1cccc(-c2nc(N)c3nn(Cc4ncccc4F)nc3c2-c2ccncn2)c1. The molecule has 154 valence electrons. The number of hydrogen-bond acceptors (Lipinski definition) is 8. The molecule has 0 spiro atoms. The molecule has 0 aliphatic carbocycles. The summed E-state index contributed by atoms with van der Waals surface area (Å²) >= 11 is 0. The number of nitrogens with zero attached hydrogens (tertiary/aromatic N) is 8. The molecule has 0 amide bonds. The molecule has 0 aliphatic rings. The van der Waals surface area contributed by atoms with Crippen molar-refractivity contribution < 1.29 is 4.39 Å². The smallest absolute Gasteiger partial charge is 0.156 e. The number of benzene rings is 1. The number of nitriles is 1. The quantitative estimate of drug-likeness (QED) is 0.466. The van der Waals surface area contributed by atoms with Crippen molar-refractivity contribution in [2.75, 3.05) is 5.73 Å². The summed E-state index contributed by atoms with van der Waals surface area (Å²) in [6.45, 7) is 0.0171. The minimum Gasteiger partial charge on any atom is -0.382 e. The Morgan fingerprint density at radius 1 is 1.03 bits per heavy atom.